The summed E-state index contributed by atoms with van der Waals surface area (Å²) >= 11 is 0. The van der Waals surface area contributed by atoms with E-state index in [0.717, 1.165) is 5.69 Å². The molecule has 1 aromatic heterocycles. The number of carbonyl (C=O) groups excluding carboxylic acids is 1. The molecule has 0 aromatic carbocycles. The van der Waals surface area contributed by atoms with Gasteiger partial charge in [0.1, 0.15) is 6.33 Å². The van der Waals surface area contributed by atoms with Gasteiger partial charge in [-0.15, -0.1) is 0 Å². The molecule has 0 atom stereocenters. The Morgan fingerprint density at radius 2 is 2.33 bits per heavy atom. The van der Waals surface area contributed by atoms with Gasteiger partial charge in [-0.05, 0) is 25.8 Å². The topological polar surface area (TPSA) is 52.1 Å². The molecule has 1 heterocycles. The van der Waals surface area contributed by atoms with E-state index in [0.29, 0.717) is 18.2 Å². The second-order valence-electron chi connectivity index (χ2n) is 3.68. The van der Waals surface area contributed by atoms with Gasteiger partial charge in [0.05, 0.1) is 6.61 Å². The summed E-state index contributed by atoms with van der Waals surface area (Å²) in [5.74, 6) is 0.154. The Morgan fingerprint density at radius 3 is 2.93 bits per heavy atom. The highest BCUT2D eigenvalue weighted by molar-refractivity contribution is 5.87. The molecule has 0 N–H and O–H groups in total. The van der Waals surface area contributed by atoms with Gasteiger partial charge in [-0.2, -0.15) is 0 Å². The lowest BCUT2D eigenvalue weighted by atomic mass is 9.83. The number of aromatic nitrogens is 2. The van der Waals surface area contributed by atoms with Crippen molar-refractivity contribution < 1.29 is 9.53 Å². The molecule has 0 aliphatic heterocycles. The van der Waals surface area contributed by atoms with E-state index in [-0.39, 0.29) is 5.97 Å². The van der Waals surface area contributed by atoms with E-state index < -0.39 is 0 Å². The molecule has 0 saturated heterocycles. The summed E-state index contributed by atoms with van der Waals surface area (Å²) in [6.45, 7) is 2.16. The largest absolute Gasteiger partial charge is 0.461 e. The molecule has 15 heavy (non-hydrogen) atoms. The van der Waals surface area contributed by atoms with Gasteiger partial charge in [0.2, 0.25) is 0 Å². The van der Waals surface area contributed by atoms with Crippen LogP contribution in [0.15, 0.2) is 12.4 Å². The van der Waals surface area contributed by atoms with Crippen LogP contribution in [0.3, 0.4) is 0 Å². The zero-order valence-corrected chi connectivity index (χ0v) is 8.77. The lowest BCUT2D eigenvalue weighted by Gasteiger charge is -2.24. The Bertz CT molecular complexity index is 361. The van der Waals surface area contributed by atoms with Gasteiger partial charge < -0.3 is 4.74 Å². The Kier molecular flexibility index (Phi) is 2.94. The molecule has 2 rings (SSSR count). The first-order valence-electron chi connectivity index (χ1n) is 5.30. The summed E-state index contributed by atoms with van der Waals surface area (Å²) < 4.78 is 4.89. The van der Waals surface area contributed by atoms with Gasteiger partial charge in [0.15, 0.2) is 5.69 Å². The Labute approximate surface area is 88.7 Å². The minimum Gasteiger partial charge on any atom is -0.461 e. The molecular formula is C11H14N2O2. The van der Waals surface area contributed by atoms with Crippen molar-refractivity contribution >= 4 is 5.97 Å². The predicted octanol–water partition coefficient (Wildman–Crippen LogP) is 1.92. The van der Waals surface area contributed by atoms with Crippen molar-refractivity contribution in [2.45, 2.75) is 32.1 Å². The van der Waals surface area contributed by atoms with E-state index in [1.807, 2.05) is 0 Å². The van der Waals surface area contributed by atoms with E-state index in [9.17, 15) is 4.79 Å². The number of rotatable bonds is 3. The average Bonchev–Trinajstić information content (AvgIpc) is 2.16. The van der Waals surface area contributed by atoms with Crippen LogP contribution in [-0.2, 0) is 4.74 Å². The summed E-state index contributed by atoms with van der Waals surface area (Å²) in [5.41, 5.74) is 1.34. The van der Waals surface area contributed by atoms with Crippen molar-refractivity contribution in [3.8, 4) is 0 Å². The van der Waals surface area contributed by atoms with Crippen LogP contribution in [0.4, 0.5) is 0 Å². The smallest absolute Gasteiger partial charge is 0.357 e. The van der Waals surface area contributed by atoms with Crippen molar-refractivity contribution in [2.24, 2.45) is 0 Å². The molecule has 0 bridgehead atoms. The van der Waals surface area contributed by atoms with Crippen LogP contribution in [0.25, 0.3) is 0 Å². The van der Waals surface area contributed by atoms with Crippen LogP contribution in [0.2, 0.25) is 0 Å². The van der Waals surface area contributed by atoms with Crippen LogP contribution in [0, 0.1) is 0 Å². The minimum absolute atomic E-state index is 0.361. The molecule has 0 spiro atoms. The third kappa shape index (κ3) is 2.14. The Balaban J connectivity index is 2.14. The zero-order valence-electron chi connectivity index (χ0n) is 8.77. The standard InChI is InChI=1S/C11H14N2O2/c1-2-15-11(14)10-6-9(12-7-13-10)8-4-3-5-8/h6-8H,2-5H2,1H3. The Hall–Kier alpha value is -1.45. The maximum absolute atomic E-state index is 11.4. The van der Waals surface area contributed by atoms with Crippen molar-refractivity contribution in [3.05, 3.63) is 23.8 Å². The first-order chi connectivity index (χ1) is 7.31. The van der Waals surface area contributed by atoms with Crippen LogP contribution in [-0.4, -0.2) is 22.5 Å². The van der Waals surface area contributed by atoms with E-state index in [1.54, 1.807) is 13.0 Å². The quantitative estimate of drug-likeness (QED) is 0.709. The number of ether oxygens (including phenoxy) is 1. The predicted molar refractivity (Wildman–Crippen MR) is 54.6 cm³/mol. The van der Waals surface area contributed by atoms with E-state index >= 15 is 0 Å². The fourth-order valence-corrected chi connectivity index (χ4v) is 1.62. The molecule has 0 radical (unpaired) electrons. The first-order valence-corrected chi connectivity index (χ1v) is 5.30. The van der Waals surface area contributed by atoms with Gasteiger partial charge in [-0.25, -0.2) is 14.8 Å². The fraction of sp³-hybridized carbons (Fsp3) is 0.545. The lowest BCUT2D eigenvalue weighted by molar-refractivity contribution is 0.0519. The van der Waals surface area contributed by atoms with E-state index in [1.165, 1.54) is 25.6 Å². The molecule has 1 aromatic rings. The molecule has 4 heteroatoms. The zero-order chi connectivity index (χ0) is 10.7. The van der Waals surface area contributed by atoms with Gasteiger partial charge in [-0.1, -0.05) is 6.42 Å². The molecule has 1 aliphatic carbocycles. The van der Waals surface area contributed by atoms with Gasteiger partial charge in [0, 0.05) is 11.6 Å². The van der Waals surface area contributed by atoms with Gasteiger partial charge in [-0.3, -0.25) is 0 Å². The highest BCUT2D eigenvalue weighted by Crippen LogP contribution is 2.35. The van der Waals surface area contributed by atoms with Crippen LogP contribution >= 0.6 is 0 Å². The van der Waals surface area contributed by atoms with Gasteiger partial charge in [0.25, 0.3) is 0 Å². The molecular weight excluding hydrogens is 192 g/mol. The second kappa shape index (κ2) is 4.38. The highest BCUT2D eigenvalue weighted by atomic mass is 16.5. The second-order valence-corrected chi connectivity index (χ2v) is 3.68. The average molecular weight is 206 g/mol. The third-order valence-electron chi connectivity index (χ3n) is 2.70. The monoisotopic (exact) mass is 206 g/mol. The minimum atomic E-state index is -0.361. The summed E-state index contributed by atoms with van der Waals surface area (Å²) in [4.78, 5) is 19.5. The van der Waals surface area contributed by atoms with Crippen LogP contribution < -0.4 is 0 Å². The lowest BCUT2D eigenvalue weighted by Crippen LogP contribution is -2.13. The molecule has 80 valence electrons. The summed E-state index contributed by atoms with van der Waals surface area (Å²) in [7, 11) is 0. The maximum Gasteiger partial charge on any atom is 0.357 e. The number of hydrogen-bond acceptors (Lipinski definition) is 4. The normalized spacial score (nSPS) is 15.8. The third-order valence-corrected chi connectivity index (χ3v) is 2.70. The van der Waals surface area contributed by atoms with Crippen LogP contribution in [0.1, 0.15) is 48.3 Å². The van der Waals surface area contributed by atoms with Crippen molar-refractivity contribution in [2.75, 3.05) is 6.61 Å². The van der Waals surface area contributed by atoms with Crippen molar-refractivity contribution in [1.82, 2.24) is 9.97 Å². The van der Waals surface area contributed by atoms with Crippen molar-refractivity contribution in [3.63, 3.8) is 0 Å². The first kappa shape index (κ1) is 10.1. The summed E-state index contributed by atoms with van der Waals surface area (Å²) in [5, 5.41) is 0. The summed E-state index contributed by atoms with van der Waals surface area (Å²) in [6, 6.07) is 1.75. The maximum atomic E-state index is 11.4. The number of carbonyl (C=O) groups is 1. The molecule has 1 aliphatic rings. The van der Waals surface area contributed by atoms with Gasteiger partial charge >= 0.3 is 5.97 Å². The van der Waals surface area contributed by atoms with E-state index in [4.69, 9.17) is 4.74 Å². The molecule has 1 saturated carbocycles. The SMILES string of the molecule is CCOC(=O)c1cc(C2CCC2)ncn1. The van der Waals surface area contributed by atoms with Crippen LogP contribution in [0.5, 0.6) is 0 Å². The van der Waals surface area contributed by atoms with Crippen molar-refractivity contribution in [1.29, 1.82) is 0 Å². The molecule has 4 nitrogen and oxygen atoms in total. The summed E-state index contributed by atoms with van der Waals surface area (Å²) in [6.07, 6.45) is 5.03. The van der Waals surface area contributed by atoms with E-state index in [2.05, 4.69) is 9.97 Å². The highest BCUT2D eigenvalue weighted by Gasteiger charge is 2.22. The molecule has 1 fully saturated rings. The molecule has 0 amide bonds. The number of nitrogens with zero attached hydrogens (tertiary/aromatic N) is 2. The number of hydrogen-bond donors (Lipinski definition) is 0. The number of esters is 1. The Morgan fingerprint density at radius 1 is 1.53 bits per heavy atom. The fourth-order valence-electron chi connectivity index (χ4n) is 1.62. The molecule has 0 unspecified atom stereocenters.